The first kappa shape index (κ1) is 68.5. The SMILES string of the molecule is CN[C@@H](C)C(=O)N[C@H](C(=O)N1C[C@@H](Oc2cccc(OCCCCCCOCCCCCCOCC(=O)N[C@H](C(=O)N3C[C@H](O)C[C@H]3C(=O)NCc3ccc(-c4scnc4C)cc3)C(C)(C)C)c2)C[C@H]1C(=O)N[C@@H]1CCCc2ccccc21)C1CCCCC1. The minimum atomic E-state index is -0.934. The van der Waals surface area contributed by atoms with E-state index in [-0.39, 0.29) is 68.3 Å². The van der Waals surface area contributed by atoms with E-state index < -0.39 is 59.6 Å². The fraction of sp³-hybridized carbons (Fsp3) is 0.609. The lowest BCUT2D eigenvalue weighted by Crippen LogP contribution is -2.58. The first-order valence-corrected chi connectivity index (χ1v) is 33.6. The topological polar surface area (TPSA) is 239 Å². The molecule has 1 saturated carbocycles. The molecule has 2 saturated heterocycles. The zero-order valence-corrected chi connectivity index (χ0v) is 54.2. The summed E-state index contributed by atoms with van der Waals surface area (Å²) >= 11 is 1.58. The highest BCUT2D eigenvalue weighted by molar-refractivity contribution is 7.13. The lowest BCUT2D eigenvalue weighted by Gasteiger charge is -2.35. The normalized spacial score (nSPS) is 20.5. The number of aliphatic hydroxyl groups excluding tert-OH is 1. The number of rotatable bonds is 32. The molecule has 89 heavy (non-hydrogen) atoms. The molecule has 20 heteroatoms. The number of β-amino-alcohol motifs (C(OH)–C–C–N with tert-alkyl or cyclic N) is 1. The molecule has 8 atom stereocenters. The predicted octanol–water partition coefficient (Wildman–Crippen LogP) is 8.68. The Bertz CT molecular complexity index is 2930. The van der Waals surface area contributed by atoms with Gasteiger partial charge in [0.15, 0.2) is 0 Å². The van der Waals surface area contributed by atoms with Crippen molar-refractivity contribution in [1.29, 1.82) is 0 Å². The third-order valence-electron chi connectivity index (χ3n) is 17.9. The Labute approximate surface area is 530 Å². The van der Waals surface area contributed by atoms with Gasteiger partial charge in [0.2, 0.25) is 35.4 Å². The number of aromatic nitrogens is 1. The van der Waals surface area contributed by atoms with E-state index in [1.54, 1.807) is 30.2 Å². The molecular formula is C69H98N8O11S. The van der Waals surface area contributed by atoms with Gasteiger partial charge >= 0.3 is 0 Å². The molecule has 2 aliphatic carbocycles. The summed E-state index contributed by atoms with van der Waals surface area (Å²) in [4.78, 5) is 91.7. The molecule has 0 radical (unpaired) electrons. The maximum atomic E-state index is 14.8. The molecular weight excluding hydrogens is 1150 g/mol. The minimum absolute atomic E-state index is 0.00120. The highest BCUT2D eigenvalue weighted by atomic mass is 32.1. The van der Waals surface area contributed by atoms with Crippen LogP contribution in [0, 0.1) is 18.3 Å². The van der Waals surface area contributed by atoms with Gasteiger partial charge in [-0.15, -0.1) is 11.3 Å². The van der Waals surface area contributed by atoms with E-state index in [1.807, 2.05) is 93.9 Å². The number of thiazole rings is 1. The number of nitrogens with zero attached hydrogens (tertiary/aromatic N) is 3. The first-order valence-electron chi connectivity index (χ1n) is 32.7. The summed E-state index contributed by atoms with van der Waals surface area (Å²) in [6.45, 7) is 11.9. The average Bonchev–Trinajstić information content (AvgIpc) is 4.42. The van der Waals surface area contributed by atoms with E-state index in [1.165, 1.54) is 10.5 Å². The lowest BCUT2D eigenvalue weighted by atomic mass is 9.83. The molecule has 4 aliphatic rings. The van der Waals surface area contributed by atoms with Crippen LogP contribution in [0.5, 0.6) is 11.5 Å². The Hall–Kier alpha value is -6.45. The zero-order valence-electron chi connectivity index (χ0n) is 53.4. The molecule has 0 spiro atoms. The second-order valence-electron chi connectivity index (χ2n) is 25.8. The predicted molar refractivity (Wildman–Crippen MR) is 344 cm³/mol. The maximum Gasteiger partial charge on any atom is 0.246 e. The van der Waals surface area contributed by atoms with Gasteiger partial charge in [0.1, 0.15) is 48.4 Å². The summed E-state index contributed by atoms with van der Waals surface area (Å²) in [5.74, 6) is -0.585. The van der Waals surface area contributed by atoms with Crippen LogP contribution in [0.4, 0.5) is 0 Å². The number of aliphatic hydroxyl groups is 1. The number of hydrogen-bond acceptors (Lipinski definition) is 14. The van der Waals surface area contributed by atoms with Crippen LogP contribution >= 0.6 is 11.3 Å². The van der Waals surface area contributed by atoms with Crippen molar-refractivity contribution in [3.05, 3.63) is 101 Å². The highest BCUT2D eigenvalue weighted by Gasteiger charge is 2.47. The summed E-state index contributed by atoms with van der Waals surface area (Å²) in [6.07, 6.45) is 14.1. The smallest absolute Gasteiger partial charge is 0.246 e. The van der Waals surface area contributed by atoms with Crippen molar-refractivity contribution in [1.82, 2.24) is 41.4 Å². The van der Waals surface area contributed by atoms with Crippen LogP contribution in [0.15, 0.2) is 78.3 Å². The number of carbonyl (C=O) groups is 6. The van der Waals surface area contributed by atoms with Crippen molar-refractivity contribution in [3.8, 4) is 21.9 Å². The van der Waals surface area contributed by atoms with Gasteiger partial charge in [0.05, 0.1) is 47.4 Å². The van der Waals surface area contributed by atoms with Crippen LogP contribution in [0.3, 0.4) is 0 Å². The number of nitrogens with one attached hydrogen (secondary N) is 5. The Morgan fingerprint density at radius 1 is 0.730 bits per heavy atom. The Kier molecular flexibility index (Phi) is 26.2. The molecule has 2 aliphatic heterocycles. The van der Waals surface area contributed by atoms with Gasteiger partial charge in [-0.3, -0.25) is 28.8 Å². The second-order valence-corrected chi connectivity index (χ2v) is 26.6. The second kappa shape index (κ2) is 34.1. The molecule has 3 aromatic carbocycles. The van der Waals surface area contributed by atoms with Crippen molar-refractivity contribution in [2.75, 3.05) is 53.2 Å². The van der Waals surface area contributed by atoms with Crippen molar-refractivity contribution in [3.63, 3.8) is 0 Å². The van der Waals surface area contributed by atoms with Crippen molar-refractivity contribution in [2.45, 2.75) is 205 Å². The number of likely N-dealkylation sites (N-methyl/N-ethyl adjacent to an activating group) is 1. The maximum absolute atomic E-state index is 14.8. The molecule has 486 valence electrons. The van der Waals surface area contributed by atoms with E-state index in [0.717, 1.165) is 130 Å². The van der Waals surface area contributed by atoms with Crippen LogP contribution in [0.25, 0.3) is 10.4 Å². The summed E-state index contributed by atoms with van der Waals surface area (Å²) in [5, 5.41) is 25.8. The standard InChI is InChI=1S/C69H98N8O11S/c1-46-62(89-45-72-46)51-32-30-48(31-33-51)41-71-65(81)58-38-52(78)42-76(58)68(84)63(69(3,4)5)74-60(79)44-86-36-18-8-7-16-34-85-35-17-9-10-19-37-87-53-26-21-27-54(39-53)88-55-40-59(66(82)73-57-29-20-25-49-22-14-15-28-56(49)57)77(43-55)67(83)61(50-23-12-11-13-24-50)75-64(80)47(2)70-6/h14-15,21-22,26-28,30-33,39,45,47,50,52,55,57-59,61,63,70,78H,7-13,16-20,23-25,29,34-38,40-44H2,1-6H3,(H,71,81)(H,73,82)(H,74,79)(H,75,80)/t47-,52+,55-,57+,58-,59-,61-,63+/m0/s1. The molecule has 19 nitrogen and oxygen atoms in total. The average molecular weight is 1250 g/mol. The van der Waals surface area contributed by atoms with Gasteiger partial charge < -0.3 is 60.4 Å². The van der Waals surface area contributed by atoms with Crippen LogP contribution in [-0.4, -0.2) is 151 Å². The number of likely N-dealkylation sites (tertiary alicyclic amines) is 2. The van der Waals surface area contributed by atoms with Crippen LogP contribution in [0.2, 0.25) is 0 Å². The summed E-state index contributed by atoms with van der Waals surface area (Å²) < 4.78 is 24.4. The third-order valence-corrected chi connectivity index (χ3v) is 18.9. The third kappa shape index (κ3) is 20.0. The molecule has 3 fully saturated rings. The number of benzene rings is 3. The Balaban J connectivity index is 0.686. The first-order chi connectivity index (χ1) is 43.0. The molecule has 8 rings (SSSR count). The summed E-state index contributed by atoms with van der Waals surface area (Å²) in [5.41, 5.74) is 6.43. The minimum Gasteiger partial charge on any atom is -0.493 e. The monoisotopic (exact) mass is 1250 g/mol. The van der Waals surface area contributed by atoms with E-state index >= 15 is 0 Å². The molecule has 3 heterocycles. The van der Waals surface area contributed by atoms with Gasteiger partial charge in [-0.1, -0.05) is 114 Å². The van der Waals surface area contributed by atoms with Crippen molar-refractivity contribution in [2.24, 2.45) is 11.3 Å². The van der Waals surface area contributed by atoms with Crippen molar-refractivity contribution < 1.29 is 52.8 Å². The molecule has 6 N–H and O–H groups in total. The molecule has 1 aromatic heterocycles. The van der Waals surface area contributed by atoms with Crippen LogP contribution in [-0.2, 0) is 51.2 Å². The number of unbranched alkanes of at least 4 members (excludes halogenated alkanes) is 6. The Morgan fingerprint density at radius 3 is 2.10 bits per heavy atom. The van der Waals surface area contributed by atoms with E-state index in [4.69, 9.17) is 18.9 Å². The quantitative estimate of drug-likeness (QED) is 0.0251. The van der Waals surface area contributed by atoms with Gasteiger partial charge in [0, 0.05) is 51.8 Å². The molecule has 6 amide bonds. The van der Waals surface area contributed by atoms with Gasteiger partial charge in [0.25, 0.3) is 0 Å². The van der Waals surface area contributed by atoms with E-state index in [0.29, 0.717) is 44.3 Å². The molecule has 4 aromatic rings. The summed E-state index contributed by atoms with van der Waals surface area (Å²) in [6, 6.07) is 19.8. The lowest BCUT2D eigenvalue weighted by molar-refractivity contribution is -0.144. The van der Waals surface area contributed by atoms with E-state index in [2.05, 4.69) is 43.7 Å². The number of hydrogen-bond donors (Lipinski definition) is 6. The zero-order chi connectivity index (χ0) is 63.3. The number of aryl methyl sites for hydroxylation is 2. The van der Waals surface area contributed by atoms with Crippen molar-refractivity contribution >= 4 is 46.8 Å². The number of amides is 6. The number of carbonyl (C=O) groups excluding carboxylic acids is 6. The van der Waals surface area contributed by atoms with Crippen LogP contribution in [0.1, 0.15) is 165 Å². The summed E-state index contributed by atoms with van der Waals surface area (Å²) in [7, 11) is 1.73. The Morgan fingerprint density at radius 2 is 1.40 bits per heavy atom. The van der Waals surface area contributed by atoms with Gasteiger partial charge in [-0.2, -0.15) is 0 Å². The molecule has 0 unspecified atom stereocenters. The highest BCUT2D eigenvalue weighted by Crippen LogP contribution is 2.35. The van der Waals surface area contributed by atoms with Crippen LogP contribution < -0.4 is 36.1 Å². The van der Waals surface area contributed by atoms with Gasteiger partial charge in [-0.25, -0.2) is 4.98 Å². The largest absolute Gasteiger partial charge is 0.493 e. The molecule has 0 bridgehead atoms. The van der Waals surface area contributed by atoms with E-state index in [9.17, 15) is 33.9 Å². The van der Waals surface area contributed by atoms with Gasteiger partial charge in [-0.05, 0) is 131 Å². The number of fused-ring (bicyclic) bond motifs is 1. The fourth-order valence-electron chi connectivity index (χ4n) is 12.7. The fourth-order valence-corrected chi connectivity index (χ4v) is 13.5. The number of ether oxygens (including phenoxy) is 4.